The van der Waals surface area contributed by atoms with Crippen LogP contribution in [-0.4, -0.2) is 0 Å². The minimum Gasteiger partial charge on any atom is -0.0995 e. The van der Waals surface area contributed by atoms with Crippen molar-refractivity contribution in [3.05, 3.63) is 24.3 Å². The van der Waals surface area contributed by atoms with Crippen molar-refractivity contribution in [1.29, 1.82) is 0 Å². The molecule has 0 heteroatoms. The van der Waals surface area contributed by atoms with E-state index in [9.17, 15) is 0 Å². The molecule has 104 valence electrons. The van der Waals surface area contributed by atoms with E-state index in [-0.39, 0.29) is 0 Å². The van der Waals surface area contributed by atoms with Crippen LogP contribution in [0.1, 0.15) is 52.9 Å². The Balaban J connectivity index is 1.80. The predicted octanol–water partition coefficient (Wildman–Crippen LogP) is 5.22. The Kier molecular flexibility index (Phi) is 2.30. The molecule has 0 aromatic rings. The highest BCUT2D eigenvalue weighted by molar-refractivity contribution is 5.36. The lowest BCUT2D eigenvalue weighted by Gasteiger charge is -2.35. The van der Waals surface area contributed by atoms with Gasteiger partial charge in [-0.1, -0.05) is 51.5 Å². The number of hydrogen-bond donors (Lipinski definition) is 0. The van der Waals surface area contributed by atoms with Gasteiger partial charge in [0.05, 0.1) is 0 Å². The van der Waals surface area contributed by atoms with E-state index in [1.54, 1.807) is 5.57 Å². The van der Waals surface area contributed by atoms with Crippen molar-refractivity contribution in [3.63, 3.8) is 0 Å². The molecule has 0 amide bonds. The first-order chi connectivity index (χ1) is 9.03. The van der Waals surface area contributed by atoms with E-state index in [0.717, 1.165) is 29.6 Å². The lowest BCUT2D eigenvalue weighted by Crippen LogP contribution is -2.29. The monoisotopic (exact) mass is 256 g/mol. The van der Waals surface area contributed by atoms with Crippen molar-refractivity contribution in [1.82, 2.24) is 0 Å². The SMILES string of the molecule is C=C1C[C@H]2C=C[C@]3(C[C@@H](C)C[C@H]13)[C@H]1[C@@H]2[C@@]1(C)CCC. The van der Waals surface area contributed by atoms with E-state index in [1.165, 1.54) is 32.1 Å². The molecule has 5 aliphatic rings. The van der Waals surface area contributed by atoms with E-state index in [1.807, 2.05) is 0 Å². The molecule has 3 saturated carbocycles. The van der Waals surface area contributed by atoms with Crippen molar-refractivity contribution in [2.45, 2.75) is 52.9 Å². The fourth-order valence-electron chi connectivity index (χ4n) is 6.84. The van der Waals surface area contributed by atoms with E-state index < -0.39 is 0 Å². The van der Waals surface area contributed by atoms with Gasteiger partial charge >= 0.3 is 0 Å². The zero-order valence-electron chi connectivity index (χ0n) is 12.8. The Morgan fingerprint density at radius 3 is 2.95 bits per heavy atom. The maximum absolute atomic E-state index is 4.50. The summed E-state index contributed by atoms with van der Waals surface area (Å²) in [4.78, 5) is 0. The van der Waals surface area contributed by atoms with Crippen molar-refractivity contribution in [3.8, 4) is 0 Å². The third-order valence-electron chi connectivity index (χ3n) is 7.18. The van der Waals surface area contributed by atoms with Gasteiger partial charge in [-0.3, -0.25) is 0 Å². The molecule has 0 saturated heterocycles. The first kappa shape index (κ1) is 12.2. The van der Waals surface area contributed by atoms with Crippen LogP contribution in [0, 0.1) is 40.4 Å². The Morgan fingerprint density at radius 2 is 2.21 bits per heavy atom. The maximum Gasteiger partial charge on any atom is -0.00136 e. The molecule has 0 unspecified atom stereocenters. The second-order valence-electron chi connectivity index (χ2n) is 8.35. The van der Waals surface area contributed by atoms with Crippen LogP contribution in [0.4, 0.5) is 0 Å². The zero-order chi connectivity index (χ0) is 13.4. The van der Waals surface area contributed by atoms with Crippen molar-refractivity contribution >= 4 is 0 Å². The lowest BCUT2D eigenvalue weighted by molar-refractivity contribution is 0.216. The second-order valence-corrected chi connectivity index (χ2v) is 8.35. The van der Waals surface area contributed by atoms with Crippen molar-refractivity contribution < 1.29 is 0 Å². The maximum atomic E-state index is 4.50. The lowest BCUT2D eigenvalue weighted by atomic mass is 9.68. The molecule has 0 aliphatic heterocycles. The summed E-state index contributed by atoms with van der Waals surface area (Å²) in [6.45, 7) is 11.9. The second kappa shape index (κ2) is 3.57. The molecule has 1 spiro atoms. The summed E-state index contributed by atoms with van der Waals surface area (Å²) in [5, 5.41) is 0. The van der Waals surface area contributed by atoms with Crippen LogP contribution in [0.2, 0.25) is 0 Å². The molecular formula is C19H28. The molecule has 0 nitrogen and oxygen atoms in total. The largest absolute Gasteiger partial charge is 0.0995 e. The van der Waals surface area contributed by atoms with Gasteiger partial charge in [-0.2, -0.15) is 0 Å². The van der Waals surface area contributed by atoms with Crippen LogP contribution in [0.5, 0.6) is 0 Å². The van der Waals surface area contributed by atoms with Crippen LogP contribution < -0.4 is 0 Å². The summed E-state index contributed by atoms with van der Waals surface area (Å²) in [5.74, 6) is 4.47. The molecule has 0 radical (unpaired) electrons. The van der Waals surface area contributed by atoms with Crippen LogP contribution in [0.25, 0.3) is 0 Å². The Labute approximate surface area is 118 Å². The van der Waals surface area contributed by atoms with Crippen LogP contribution in [-0.2, 0) is 0 Å². The van der Waals surface area contributed by atoms with Gasteiger partial charge in [-0.05, 0) is 66.1 Å². The number of fused-ring (bicyclic) bond motifs is 1. The smallest absolute Gasteiger partial charge is 0.00136 e. The highest BCUT2D eigenvalue weighted by Gasteiger charge is 2.74. The van der Waals surface area contributed by atoms with Gasteiger partial charge in [0.25, 0.3) is 0 Å². The number of hydrogen-bond acceptors (Lipinski definition) is 0. The normalized spacial score (nSPS) is 57.8. The fraction of sp³-hybridized carbons (Fsp3) is 0.789. The molecule has 5 rings (SSSR count). The molecule has 3 fully saturated rings. The van der Waals surface area contributed by atoms with Gasteiger partial charge < -0.3 is 0 Å². The highest BCUT2D eigenvalue weighted by atomic mass is 14.8. The summed E-state index contributed by atoms with van der Waals surface area (Å²) in [6.07, 6.45) is 12.2. The average Bonchev–Trinajstić information content (AvgIpc) is 2.90. The molecule has 7 atom stereocenters. The van der Waals surface area contributed by atoms with E-state index >= 15 is 0 Å². The van der Waals surface area contributed by atoms with Gasteiger partial charge in [0.2, 0.25) is 0 Å². The highest BCUT2D eigenvalue weighted by Crippen LogP contribution is 2.80. The van der Waals surface area contributed by atoms with E-state index in [2.05, 4.69) is 39.5 Å². The van der Waals surface area contributed by atoms with Gasteiger partial charge in [0.15, 0.2) is 0 Å². The van der Waals surface area contributed by atoms with Crippen molar-refractivity contribution in [2.24, 2.45) is 40.4 Å². The molecule has 19 heavy (non-hydrogen) atoms. The van der Waals surface area contributed by atoms with Crippen molar-refractivity contribution in [2.75, 3.05) is 0 Å². The number of rotatable bonds is 2. The van der Waals surface area contributed by atoms with Gasteiger partial charge in [0, 0.05) is 0 Å². The summed E-state index contributed by atoms with van der Waals surface area (Å²) in [6, 6.07) is 0. The van der Waals surface area contributed by atoms with Gasteiger partial charge in [-0.25, -0.2) is 0 Å². The quantitative estimate of drug-likeness (QED) is 0.594. The zero-order valence-corrected chi connectivity index (χ0v) is 12.8. The fourth-order valence-corrected chi connectivity index (χ4v) is 6.84. The van der Waals surface area contributed by atoms with Crippen LogP contribution >= 0.6 is 0 Å². The first-order valence-electron chi connectivity index (χ1n) is 8.40. The summed E-state index contributed by atoms with van der Waals surface area (Å²) >= 11 is 0. The molecule has 5 aliphatic carbocycles. The minimum absolute atomic E-state index is 0.512. The molecule has 0 heterocycles. The average molecular weight is 256 g/mol. The Bertz CT molecular complexity index is 459. The predicted molar refractivity (Wildman–Crippen MR) is 80.7 cm³/mol. The molecule has 0 N–H and O–H groups in total. The molecular weight excluding hydrogens is 228 g/mol. The van der Waals surface area contributed by atoms with Crippen LogP contribution in [0.3, 0.4) is 0 Å². The molecule has 2 bridgehead atoms. The first-order valence-corrected chi connectivity index (χ1v) is 8.40. The standard InChI is InChI=1S/C19H28/c1-5-7-18(4)16-14-6-8-19(17(16)18)11-12(2)9-15(19)13(3)10-14/h6,8,12,14-17H,3,5,7,9-11H2,1-2,4H3/t12-,14+,15+,16+,17-,18+,19+/m0/s1. The van der Waals surface area contributed by atoms with E-state index in [0.29, 0.717) is 10.8 Å². The van der Waals surface area contributed by atoms with E-state index in [4.69, 9.17) is 0 Å². The number of allylic oxidation sites excluding steroid dienone is 3. The Hall–Kier alpha value is -0.520. The molecule has 0 aromatic carbocycles. The van der Waals surface area contributed by atoms with Gasteiger partial charge in [-0.15, -0.1) is 0 Å². The molecule has 0 aromatic heterocycles. The third-order valence-corrected chi connectivity index (χ3v) is 7.18. The third kappa shape index (κ3) is 1.31. The van der Waals surface area contributed by atoms with Gasteiger partial charge in [0.1, 0.15) is 0 Å². The summed E-state index contributed by atoms with van der Waals surface area (Å²) in [5.41, 5.74) is 2.75. The topological polar surface area (TPSA) is 0 Å². The Morgan fingerprint density at radius 1 is 1.42 bits per heavy atom. The van der Waals surface area contributed by atoms with Crippen LogP contribution in [0.15, 0.2) is 24.3 Å². The minimum atomic E-state index is 0.512. The summed E-state index contributed by atoms with van der Waals surface area (Å²) < 4.78 is 0. The summed E-state index contributed by atoms with van der Waals surface area (Å²) in [7, 11) is 0.